The van der Waals surface area contributed by atoms with Crippen molar-refractivity contribution in [2.75, 3.05) is 19.7 Å². The molecular weight excluding hydrogens is 192 g/mol. The summed E-state index contributed by atoms with van der Waals surface area (Å²) >= 11 is 0. The monoisotopic (exact) mass is 212 g/mol. The molecular formula is C11H20N2O2. The fourth-order valence-electron chi connectivity index (χ4n) is 1.07. The van der Waals surface area contributed by atoms with Crippen LogP contribution in [0.4, 0.5) is 0 Å². The summed E-state index contributed by atoms with van der Waals surface area (Å²) in [5, 5.41) is 5.68. The first-order valence-corrected chi connectivity index (χ1v) is 5.18. The van der Waals surface area contributed by atoms with Crippen LogP contribution >= 0.6 is 0 Å². The molecule has 0 saturated heterocycles. The molecule has 2 N–H and O–H groups in total. The van der Waals surface area contributed by atoms with E-state index in [2.05, 4.69) is 16.6 Å². The summed E-state index contributed by atoms with van der Waals surface area (Å²) in [6.07, 6.45) is 5.14. The van der Waals surface area contributed by atoms with Gasteiger partial charge >= 0.3 is 0 Å². The van der Waals surface area contributed by atoms with Crippen molar-refractivity contribution in [3.8, 4) is 12.3 Å². The van der Waals surface area contributed by atoms with Crippen LogP contribution in [-0.2, 0) is 9.53 Å². The quantitative estimate of drug-likeness (QED) is 0.590. The molecule has 0 aromatic carbocycles. The largest absolute Gasteiger partial charge is 0.377 e. The zero-order chi connectivity index (χ0) is 11.7. The smallest absolute Gasteiger partial charge is 0.237 e. The summed E-state index contributed by atoms with van der Waals surface area (Å²) < 4.78 is 5.33. The summed E-state index contributed by atoms with van der Waals surface area (Å²) in [5.41, 5.74) is 0. The minimum Gasteiger partial charge on any atom is -0.377 e. The Hall–Kier alpha value is -1.05. The predicted molar refractivity (Wildman–Crippen MR) is 60.4 cm³/mol. The molecule has 0 aromatic heterocycles. The Bertz CT molecular complexity index is 223. The Morgan fingerprint density at radius 2 is 2.20 bits per heavy atom. The second kappa shape index (κ2) is 8.27. The summed E-state index contributed by atoms with van der Waals surface area (Å²) in [5.74, 6) is 2.27. The van der Waals surface area contributed by atoms with Gasteiger partial charge in [-0.05, 0) is 20.8 Å². The normalized spacial score (nSPS) is 14.0. The fraction of sp³-hybridized carbons (Fsp3) is 0.727. The van der Waals surface area contributed by atoms with Crippen LogP contribution in [0.1, 0.15) is 20.8 Å². The van der Waals surface area contributed by atoms with Crippen molar-refractivity contribution in [3.05, 3.63) is 0 Å². The van der Waals surface area contributed by atoms with Crippen LogP contribution in [0, 0.1) is 12.3 Å². The molecule has 0 saturated carbocycles. The van der Waals surface area contributed by atoms with Crippen molar-refractivity contribution >= 4 is 5.91 Å². The molecule has 0 aliphatic carbocycles. The van der Waals surface area contributed by atoms with Crippen molar-refractivity contribution in [3.63, 3.8) is 0 Å². The molecule has 15 heavy (non-hydrogen) atoms. The van der Waals surface area contributed by atoms with Crippen LogP contribution < -0.4 is 10.6 Å². The van der Waals surface area contributed by atoms with Crippen LogP contribution in [0.5, 0.6) is 0 Å². The Morgan fingerprint density at radius 1 is 1.53 bits per heavy atom. The molecule has 0 bridgehead atoms. The molecule has 86 valence electrons. The van der Waals surface area contributed by atoms with E-state index in [1.165, 1.54) is 0 Å². The highest BCUT2D eigenvalue weighted by Gasteiger charge is 2.12. The Balaban J connectivity index is 3.68. The van der Waals surface area contributed by atoms with E-state index >= 15 is 0 Å². The number of hydrogen-bond donors (Lipinski definition) is 2. The van der Waals surface area contributed by atoms with E-state index in [0.29, 0.717) is 13.2 Å². The van der Waals surface area contributed by atoms with Gasteiger partial charge in [-0.2, -0.15) is 0 Å². The molecule has 0 radical (unpaired) electrons. The summed E-state index contributed by atoms with van der Waals surface area (Å²) in [7, 11) is 0. The molecule has 4 nitrogen and oxygen atoms in total. The third kappa shape index (κ3) is 6.95. The average molecular weight is 212 g/mol. The third-order valence-electron chi connectivity index (χ3n) is 1.92. The Labute approximate surface area is 91.8 Å². The number of amides is 1. The Kier molecular flexibility index (Phi) is 7.69. The lowest BCUT2D eigenvalue weighted by atomic mass is 10.3. The number of rotatable bonds is 7. The molecule has 0 heterocycles. The highest BCUT2D eigenvalue weighted by Crippen LogP contribution is 1.89. The highest BCUT2D eigenvalue weighted by molar-refractivity contribution is 5.81. The van der Waals surface area contributed by atoms with Gasteiger partial charge in [-0.15, -0.1) is 6.42 Å². The molecule has 4 heteroatoms. The van der Waals surface area contributed by atoms with Crippen molar-refractivity contribution in [1.29, 1.82) is 0 Å². The van der Waals surface area contributed by atoms with E-state index in [0.717, 1.165) is 0 Å². The minimum atomic E-state index is -0.249. The maximum absolute atomic E-state index is 11.4. The van der Waals surface area contributed by atoms with Gasteiger partial charge in [0.1, 0.15) is 0 Å². The molecule has 0 rings (SSSR count). The molecule has 0 fully saturated rings. The number of ether oxygens (including phenoxy) is 1. The molecule has 1 amide bonds. The van der Waals surface area contributed by atoms with Crippen molar-refractivity contribution < 1.29 is 9.53 Å². The SMILES string of the molecule is C#CCNC(=O)C(C)NCC(C)OCC. The van der Waals surface area contributed by atoms with Crippen molar-refractivity contribution in [2.24, 2.45) is 0 Å². The van der Waals surface area contributed by atoms with Gasteiger partial charge in [-0.25, -0.2) is 0 Å². The van der Waals surface area contributed by atoms with E-state index in [1.807, 2.05) is 13.8 Å². The topological polar surface area (TPSA) is 50.4 Å². The molecule has 2 atom stereocenters. The van der Waals surface area contributed by atoms with E-state index in [-0.39, 0.29) is 24.6 Å². The second-order valence-electron chi connectivity index (χ2n) is 3.32. The van der Waals surface area contributed by atoms with Crippen LogP contribution in [0.3, 0.4) is 0 Å². The molecule has 0 aromatic rings. The molecule has 2 unspecified atom stereocenters. The van der Waals surface area contributed by atoms with Gasteiger partial charge in [0, 0.05) is 13.2 Å². The summed E-state index contributed by atoms with van der Waals surface area (Å²) in [4.78, 5) is 11.4. The zero-order valence-electron chi connectivity index (χ0n) is 9.67. The van der Waals surface area contributed by atoms with Crippen LogP contribution in [0.2, 0.25) is 0 Å². The van der Waals surface area contributed by atoms with Gasteiger partial charge < -0.3 is 15.4 Å². The molecule has 0 aliphatic heterocycles. The summed E-state index contributed by atoms with van der Waals surface area (Å²) in [6.45, 7) is 7.30. The van der Waals surface area contributed by atoms with Crippen molar-refractivity contribution in [2.45, 2.75) is 32.9 Å². The average Bonchev–Trinajstić information content (AvgIpc) is 2.22. The lowest BCUT2D eigenvalue weighted by Gasteiger charge is -2.16. The predicted octanol–water partition coefficient (Wildman–Crippen LogP) is 0.139. The second-order valence-corrected chi connectivity index (χ2v) is 3.32. The summed E-state index contributed by atoms with van der Waals surface area (Å²) in [6, 6.07) is -0.249. The maximum atomic E-state index is 11.4. The van der Waals surface area contributed by atoms with Gasteiger partial charge in [0.15, 0.2) is 0 Å². The first-order valence-electron chi connectivity index (χ1n) is 5.18. The van der Waals surface area contributed by atoms with E-state index in [4.69, 9.17) is 11.2 Å². The Morgan fingerprint density at radius 3 is 2.73 bits per heavy atom. The number of nitrogens with one attached hydrogen (secondary N) is 2. The maximum Gasteiger partial charge on any atom is 0.237 e. The van der Waals surface area contributed by atoms with Gasteiger partial charge in [-0.3, -0.25) is 4.79 Å². The van der Waals surface area contributed by atoms with Gasteiger partial charge in [0.25, 0.3) is 0 Å². The standard InChI is InChI=1S/C11H20N2O2/c1-5-7-12-11(14)10(4)13-8-9(3)15-6-2/h1,9-10,13H,6-8H2,2-4H3,(H,12,14). The van der Waals surface area contributed by atoms with Gasteiger partial charge in [0.05, 0.1) is 18.7 Å². The number of hydrogen-bond acceptors (Lipinski definition) is 3. The van der Waals surface area contributed by atoms with Crippen molar-refractivity contribution in [1.82, 2.24) is 10.6 Å². The van der Waals surface area contributed by atoms with E-state index in [9.17, 15) is 4.79 Å². The molecule has 0 spiro atoms. The first kappa shape index (κ1) is 13.9. The van der Waals surface area contributed by atoms with Crippen LogP contribution in [0.15, 0.2) is 0 Å². The number of terminal acetylenes is 1. The van der Waals surface area contributed by atoms with Crippen LogP contribution in [-0.4, -0.2) is 37.7 Å². The lowest BCUT2D eigenvalue weighted by Crippen LogP contribution is -2.44. The van der Waals surface area contributed by atoms with Gasteiger partial charge in [-0.1, -0.05) is 5.92 Å². The lowest BCUT2D eigenvalue weighted by molar-refractivity contribution is -0.122. The van der Waals surface area contributed by atoms with E-state index < -0.39 is 0 Å². The van der Waals surface area contributed by atoms with E-state index in [1.54, 1.807) is 6.92 Å². The number of carbonyl (C=O) groups is 1. The zero-order valence-corrected chi connectivity index (χ0v) is 9.67. The number of carbonyl (C=O) groups excluding carboxylic acids is 1. The molecule has 0 aliphatic rings. The van der Waals surface area contributed by atoms with Crippen LogP contribution in [0.25, 0.3) is 0 Å². The highest BCUT2D eigenvalue weighted by atomic mass is 16.5. The fourth-order valence-corrected chi connectivity index (χ4v) is 1.07. The first-order chi connectivity index (χ1) is 7.11. The van der Waals surface area contributed by atoms with Gasteiger partial charge in [0.2, 0.25) is 5.91 Å². The third-order valence-corrected chi connectivity index (χ3v) is 1.92. The minimum absolute atomic E-state index is 0.0864.